The van der Waals surface area contributed by atoms with Crippen LogP contribution in [0.4, 0.5) is 5.13 Å². The maximum absolute atomic E-state index is 13.0. The average molecular weight is 313 g/mol. The highest BCUT2D eigenvalue weighted by molar-refractivity contribution is 7.19. The standard InChI is InChI=1S/C17H19N3OS/c1-9-4-3-5-11(6-9)15-14(19-17(18)22-15)16(21)20-10(2)7-12-8-13(12)20/h3-6,10,12-13H,7-8H2,1-2H3,(H2,18,19)/t10-,12+,13-/m0/s1. The highest BCUT2D eigenvalue weighted by Gasteiger charge is 2.53. The fourth-order valence-corrected chi connectivity index (χ4v) is 4.46. The Balaban J connectivity index is 1.74. The highest BCUT2D eigenvalue weighted by Crippen LogP contribution is 2.48. The van der Waals surface area contributed by atoms with Crippen LogP contribution in [0, 0.1) is 12.8 Å². The number of hydrogen-bond acceptors (Lipinski definition) is 4. The van der Waals surface area contributed by atoms with Gasteiger partial charge in [-0.3, -0.25) is 4.79 Å². The molecule has 4 nitrogen and oxygen atoms in total. The third-order valence-corrected chi connectivity index (χ3v) is 5.66. The summed E-state index contributed by atoms with van der Waals surface area (Å²) in [6.07, 6.45) is 2.27. The number of thiazole rings is 1. The van der Waals surface area contributed by atoms with Gasteiger partial charge in [-0.15, -0.1) is 0 Å². The van der Waals surface area contributed by atoms with Crippen LogP contribution in [-0.4, -0.2) is 27.9 Å². The van der Waals surface area contributed by atoms with Crippen LogP contribution in [0.5, 0.6) is 0 Å². The molecule has 1 amide bonds. The first kappa shape index (κ1) is 13.8. The number of aryl methyl sites for hydroxylation is 1. The Bertz CT molecular complexity index is 752. The van der Waals surface area contributed by atoms with Crippen molar-refractivity contribution >= 4 is 22.4 Å². The van der Waals surface area contributed by atoms with E-state index in [0.717, 1.165) is 23.3 Å². The summed E-state index contributed by atoms with van der Waals surface area (Å²) in [4.78, 5) is 20.3. The normalized spacial score (nSPS) is 26.1. The Morgan fingerprint density at radius 2 is 2.23 bits per heavy atom. The minimum atomic E-state index is 0.0435. The lowest BCUT2D eigenvalue weighted by Gasteiger charge is -2.24. The van der Waals surface area contributed by atoms with Crippen molar-refractivity contribution < 1.29 is 4.79 Å². The van der Waals surface area contributed by atoms with Gasteiger partial charge in [-0.25, -0.2) is 4.98 Å². The van der Waals surface area contributed by atoms with Crippen LogP contribution in [-0.2, 0) is 0 Å². The quantitative estimate of drug-likeness (QED) is 0.925. The molecule has 2 fully saturated rings. The van der Waals surface area contributed by atoms with Crippen LogP contribution in [0.1, 0.15) is 35.8 Å². The SMILES string of the molecule is Cc1cccc(-c2sc(N)nc2C(=O)N2[C@@H](C)C[C@@H]3C[C@@H]32)c1. The number of carbonyl (C=O) groups excluding carboxylic acids is 1. The molecule has 0 bridgehead atoms. The number of anilines is 1. The molecule has 2 heterocycles. The van der Waals surface area contributed by atoms with Gasteiger partial charge < -0.3 is 10.6 Å². The van der Waals surface area contributed by atoms with E-state index >= 15 is 0 Å². The van der Waals surface area contributed by atoms with Gasteiger partial charge in [0.25, 0.3) is 5.91 Å². The number of nitrogens with zero attached hydrogens (tertiary/aromatic N) is 2. The molecule has 2 aliphatic rings. The third-order valence-electron chi connectivity index (χ3n) is 4.72. The molecular formula is C17H19N3OS. The summed E-state index contributed by atoms with van der Waals surface area (Å²) in [5.74, 6) is 0.749. The second-order valence-electron chi connectivity index (χ2n) is 6.46. The zero-order valence-electron chi connectivity index (χ0n) is 12.7. The fraction of sp³-hybridized carbons (Fsp3) is 0.412. The van der Waals surface area contributed by atoms with Gasteiger partial charge in [0.2, 0.25) is 0 Å². The molecule has 1 aliphatic heterocycles. The second kappa shape index (κ2) is 4.81. The van der Waals surface area contributed by atoms with Gasteiger partial charge in [0.15, 0.2) is 5.13 Å². The smallest absolute Gasteiger partial charge is 0.274 e. The van der Waals surface area contributed by atoms with Crippen molar-refractivity contribution in [2.24, 2.45) is 5.92 Å². The number of likely N-dealkylation sites (tertiary alicyclic amines) is 1. The van der Waals surface area contributed by atoms with E-state index in [2.05, 4.69) is 18.0 Å². The van der Waals surface area contributed by atoms with Crippen molar-refractivity contribution in [3.63, 3.8) is 0 Å². The van der Waals surface area contributed by atoms with Crippen LogP contribution in [0.15, 0.2) is 24.3 Å². The topological polar surface area (TPSA) is 59.2 Å². The number of piperidine rings is 1. The van der Waals surface area contributed by atoms with Crippen LogP contribution in [0.2, 0.25) is 0 Å². The number of amides is 1. The molecule has 1 aliphatic carbocycles. The molecule has 0 spiro atoms. The number of benzene rings is 1. The largest absolute Gasteiger partial charge is 0.375 e. The Labute approximate surface area is 134 Å². The number of carbonyl (C=O) groups is 1. The summed E-state index contributed by atoms with van der Waals surface area (Å²) in [7, 11) is 0. The fourth-order valence-electron chi connectivity index (χ4n) is 3.64. The van der Waals surface area contributed by atoms with Crippen molar-refractivity contribution in [3.05, 3.63) is 35.5 Å². The molecule has 2 N–H and O–H groups in total. The molecule has 0 unspecified atom stereocenters. The lowest BCUT2D eigenvalue weighted by Crippen LogP contribution is -2.37. The number of aromatic nitrogens is 1. The number of fused-ring (bicyclic) bond motifs is 1. The van der Waals surface area contributed by atoms with Crippen molar-refractivity contribution in [2.45, 2.75) is 38.8 Å². The van der Waals surface area contributed by atoms with E-state index in [-0.39, 0.29) is 5.91 Å². The summed E-state index contributed by atoms with van der Waals surface area (Å²) in [5.41, 5.74) is 8.62. The molecule has 4 rings (SSSR count). The van der Waals surface area contributed by atoms with Gasteiger partial charge in [0.1, 0.15) is 5.69 Å². The summed E-state index contributed by atoms with van der Waals surface area (Å²) in [6, 6.07) is 8.89. The second-order valence-corrected chi connectivity index (χ2v) is 7.49. The van der Waals surface area contributed by atoms with Gasteiger partial charge in [-0.1, -0.05) is 41.2 Å². The maximum Gasteiger partial charge on any atom is 0.274 e. The molecule has 1 saturated carbocycles. The predicted octanol–water partition coefficient (Wildman–Crippen LogP) is 3.32. The molecule has 2 aromatic rings. The molecule has 5 heteroatoms. The lowest BCUT2D eigenvalue weighted by molar-refractivity contribution is 0.0709. The molecule has 1 aromatic carbocycles. The van der Waals surface area contributed by atoms with Crippen molar-refractivity contribution in [2.75, 3.05) is 5.73 Å². The van der Waals surface area contributed by atoms with Crippen molar-refractivity contribution in [1.29, 1.82) is 0 Å². The van der Waals surface area contributed by atoms with E-state index in [4.69, 9.17) is 5.73 Å². The first-order valence-corrected chi connectivity index (χ1v) is 8.52. The Morgan fingerprint density at radius 3 is 2.91 bits per heavy atom. The lowest BCUT2D eigenvalue weighted by atomic mass is 10.1. The highest BCUT2D eigenvalue weighted by atomic mass is 32.1. The molecule has 0 radical (unpaired) electrons. The Morgan fingerprint density at radius 1 is 1.41 bits per heavy atom. The van der Waals surface area contributed by atoms with Gasteiger partial charge in [-0.2, -0.15) is 0 Å². The van der Waals surface area contributed by atoms with Gasteiger partial charge in [0.05, 0.1) is 4.88 Å². The summed E-state index contributed by atoms with van der Waals surface area (Å²) >= 11 is 1.40. The zero-order chi connectivity index (χ0) is 15.4. The van der Waals surface area contributed by atoms with Gasteiger partial charge >= 0.3 is 0 Å². The van der Waals surface area contributed by atoms with E-state index in [1.54, 1.807) is 0 Å². The van der Waals surface area contributed by atoms with Crippen LogP contribution in [0.25, 0.3) is 10.4 Å². The first-order chi connectivity index (χ1) is 10.5. The predicted molar refractivity (Wildman–Crippen MR) is 88.8 cm³/mol. The van der Waals surface area contributed by atoms with E-state index in [0.29, 0.717) is 28.8 Å². The van der Waals surface area contributed by atoms with E-state index in [9.17, 15) is 4.79 Å². The minimum Gasteiger partial charge on any atom is -0.375 e. The summed E-state index contributed by atoms with van der Waals surface area (Å²) < 4.78 is 0. The molecule has 22 heavy (non-hydrogen) atoms. The van der Waals surface area contributed by atoms with Gasteiger partial charge in [-0.05, 0) is 38.2 Å². The average Bonchev–Trinajstić information content (AvgIpc) is 2.97. The minimum absolute atomic E-state index is 0.0435. The maximum atomic E-state index is 13.0. The number of rotatable bonds is 2. The summed E-state index contributed by atoms with van der Waals surface area (Å²) in [5, 5.41) is 0.457. The zero-order valence-corrected chi connectivity index (χ0v) is 13.6. The molecule has 3 atom stereocenters. The van der Waals surface area contributed by atoms with Gasteiger partial charge in [0, 0.05) is 12.1 Å². The number of nitrogens with two attached hydrogens (primary N) is 1. The first-order valence-electron chi connectivity index (χ1n) is 7.70. The molecule has 1 aromatic heterocycles. The third kappa shape index (κ3) is 2.11. The van der Waals surface area contributed by atoms with E-state index in [1.807, 2.05) is 30.0 Å². The number of nitrogen functional groups attached to an aromatic ring is 1. The number of hydrogen-bond donors (Lipinski definition) is 1. The molecule has 1 saturated heterocycles. The van der Waals surface area contributed by atoms with E-state index in [1.165, 1.54) is 16.9 Å². The van der Waals surface area contributed by atoms with Crippen LogP contribution in [0.3, 0.4) is 0 Å². The molecular weight excluding hydrogens is 294 g/mol. The summed E-state index contributed by atoms with van der Waals surface area (Å²) in [6.45, 7) is 4.18. The van der Waals surface area contributed by atoms with Crippen LogP contribution >= 0.6 is 11.3 Å². The monoisotopic (exact) mass is 313 g/mol. The van der Waals surface area contributed by atoms with Crippen molar-refractivity contribution in [1.82, 2.24) is 9.88 Å². The molecule has 114 valence electrons. The Hall–Kier alpha value is -1.88. The van der Waals surface area contributed by atoms with E-state index < -0.39 is 0 Å². The van der Waals surface area contributed by atoms with Crippen molar-refractivity contribution in [3.8, 4) is 10.4 Å². The Kier molecular flexibility index (Phi) is 3.01. The van der Waals surface area contributed by atoms with Crippen LogP contribution < -0.4 is 5.73 Å².